The van der Waals surface area contributed by atoms with Crippen LogP contribution >= 0.6 is 0 Å². The fourth-order valence-electron chi connectivity index (χ4n) is 3.81. The van der Waals surface area contributed by atoms with Crippen molar-refractivity contribution in [2.75, 3.05) is 0 Å². The number of carbonyl (C=O) groups excluding carboxylic acids is 1. The van der Waals surface area contributed by atoms with Crippen LogP contribution in [0.1, 0.15) is 13.8 Å². The molecule has 0 spiro atoms. The molecule has 1 N–H and O–H groups in total. The van der Waals surface area contributed by atoms with Gasteiger partial charge in [-0.1, -0.05) is 30.3 Å². The Hall–Kier alpha value is -3.47. The zero-order valence-corrected chi connectivity index (χ0v) is 19.7. The van der Waals surface area contributed by atoms with Crippen molar-refractivity contribution in [3.05, 3.63) is 78.6 Å². The molecule has 0 saturated heterocycles. The molecule has 0 aliphatic heterocycles. The molecule has 32 heavy (non-hydrogen) atoms. The Kier molecular flexibility index (Phi) is 5.83. The number of hydrogen-bond acceptors (Lipinski definition) is 5. The third-order valence-corrected chi connectivity index (χ3v) is 4.97. The molecular formula is C26H18IrNO4-. The van der Waals surface area contributed by atoms with Crippen molar-refractivity contribution in [3.8, 4) is 0 Å². The summed E-state index contributed by atoms with van der Waals surface area (Å²) < 4.78 is 12.2. The Morgan fingerprint density at radius 3 is 2.31 bits per heavy atom. The van der Waals surface area contributed by atoms with E-state index in [4.69, 9.17) is 18.9 Å². The summed E-state index contributed by atoms with van der Waals surface area (Å²) in [5, 5.41) is 12.4. The summed E-state index contributed by atoms with van der Waals surface area (Å²) in [6.45, 7) is 2.85. The van der Waals surface area contributed by atoms with Crippen LogP contribution in [0.2, 0.25) is 0 Å². The van der Waals surface area contributed by atoms with Gasteiger partial charge in [-0.15, -0.1) is 17.5 Å². The molecule has 6 aromatic rings. The molecule has 0 saturated carbocycles. The van der Waals surface area contributed by atoms with Gasteiger partial charge >= 0.3 is 0 Å². The van der Waals surface area contributed by atoms with Gasteiger partial charge in [-0.2, -0.15) is 0 Å². The first-order valence-corrected chi connectivity index (χ1v) is 9.83. The number of allylic oxidation sites excluding steroid dienone is 2. The van der Waals surface area contributed by atoms with E-state index in [1.54, 1.807) is 0 Å². The number of rotatable bonds is 1. The van der Waals surface area contributed by atoms with Gasteiger partial charge in [-0.05, 0) is 43.5 Å². The summed E-state index contributed by atoms with van der Waals surface area (Å²) in [6.07, 6.45) is 1.17. The van der Waals surface area contributed by atoms with Crippen molar-refractivity contribution in [2.24, 2.45) is 0 Å². The van der Waals surface area contributed by atoms with Crippen molar-refractivity contribution >= 4 is 60.7 Å². The summed E-state index contributed by atoms with van der Waals surface area (Å²) >= 11 is 0. The van der Waals surface area contributed by atoms with Gasteiger partial charge in [-0.25, -0.2) is 0 Å². The van der Waals surface area contributed by atoms with Crippen LogP contribution < -0.4 is 0 Å². The first-order chi connectivity index (χ1) is 15.0. The monoisotopic (exact) mass is 601 g/mol. The van der Waals surface area contributed by atoms with E-state index in [9.17, 15) is 4.79 Å². The van der Waals surface area contributed by atoms with Gasteiger partial charge < -0.3 is 13.9 Å². The predicted octanol–water partition coefficient (Wildman–Crippen LogP) is 6.87. The third-order valence-electron chi connectivity index (χ3n) is 4.97. The average molecular weight is 601 g/mol. The second-order valence-corrected chi connectivity index (χ2v) is 7.35. The Bertz CT molecular complexity index is 1640. The normalized spacial score (nSPS) is 11.6. The van der Waals surface area contributed by atoms with E-state index in [1.807, 2.05) is 60.7 Å². The number of hydrogen-bond donors (Lipinski definition) is 1. The number of fused-ring (bicyclic) bond motifs is 3. The number of benzene rings is 3. The van der Waals surface area contributed by atoms with Crippen molar-refractivity contribution in [3.63, 3.8) is 0 Å². The number of para-hydroxylation sites is 1. The van der Waals surface area contributed by atoms with E-state index < -0.39 is 0 Å². The Morgan fingerprint density at radius 2 is 1.62 bits per heavy atom. The van der Waals surface area contributed by atoms with Gasteiger partial charge in [-0.3, -0.25) is 9.78 Å². The van der Waals surface area contributed by atoms with Gasteiger partial charge in [0.25, 0.3) is 0 Å². The Balaban J connectivity index is 0.000000271. The van der Waals surface area contributed by atoms with Crippen LogP contribution in [0.25, 0.3) is 54.9 Å². The summed E-state index contributed by atoms with van der Waals surface area (Å²) in [5.41, 5.74) is 4.94. The Morgan fingerprint density at radius 1 is 0.938 bits per heavy atom. The number of aliphatic hydroxyl groups is 1. The zero-order valence-electron chi connectivity index (χ0n) is 17.3. The second kappa shape index (κ2) is 8.58. The topological polar surface area (TPSA) is 76.5 Å². The summed E-state index contributed by atoms with van der Waals surface area (Å²) in [4.78, 5) is 14.9. The zero-order chi connectivity index (χ0) is 21.5. The number of aromatic nitrogens is 1. The minimum atomic E-state index is -0.125. The smallest absolute Gasteiger partial charge is 0.155 e. The van der Waals surface area contributed by atoms with Crippen LogP contribution in [-0.2, 0) is 24.9 Å². The van der Waals surface area contributed by atoms with E-state index >= 15 is 0 Å². The number of nitrogens with zero attached hydrogens (tertiary/aromatic N) is 1. The number of carbonyl (C=O) groups is 1. The molecule has 1 radical (unpaired) electrons. The summed E-state index contributed by atoms with van der Waals surface area (Å²) in [5.74, 6) is -0.0625. The number of ketones is 1. The molecule has 0 amide bonds. The van der Waals surface area contributed by atoms with Crippen molar-refractivity contribution in [1.82, 2.24) is 4.98 Å². The molecule has 5 nitrogen and oxygen atoms in total. The molecule has 0 atom stereocenters. The van der Waals surface area contributed by atoms with Gasteiger partial charge in [0.15, 0.2) is 5.78 Å². The molecule has 0 aliphatic carbocycles. The second-order valence-electron chi connectivity index (χ2n) is 7.35. The third kappa shape index (κ3) is 3.79. The molecule has 3 heterocycles. The van der Waals surface area contributed by atoms with Crippen molar-refractivity contribution in [1.29, 1.82) is 0 Å². The number of aliphatic hydroxyl groups excluding tert-OH is 1. The van der Waals surface area contributed by atoms with Crippen molar-refractivity contribution < 1.29 is 38.8 Å². The van der Waals surface area contributed by atoms with Crippen LogP contribution in [0, 0.1) is 6.07 Å². The van der Waals surface area contributed by atoms with E-state index in [0.29, 0.717) is 0 Å². The van der Waals surface area contributed by atoms with Gasteiger partial charge in [0.1, 0.15) is 16.7 Å². The Labute approximate surface area is 196 Å². The number of furan rings is 1. The van der Waals surface area contributed by atoms with Crippen molar-refractivity contribution in [2.45, 2.75) is 13.8 Å². The standard InChI is InChI=1S/C21H10NO2.C5H8O2.Ir/c1-2-7-14-12(5-1)11-18-21(22-14)13-6-3-8-15-19(13)20-16(23-15)9-4-10-17(20)24-18;1-4(6)3-5(2)7;/h1-5,7-11H;3,6H,1-2H3;/q-1;;/b;4-3-;. The van der Waals surface area contributed by atoms with E-state index in [-0.39, 0.29) is 31.6 Å². The van der Waals surface area contributed by atoms with E-state index in [2.05, 4.69) is 6.07 Å². The largest absolute Gasteiger partial charge is 0.512 e. The molecular weight excluding hydrogens is 583 g/mol. The van der Waals surface area contributed by atoms with Crippen LogP contribution in [-0.4, -0.2) is 15.9 Å². The predicted molar refractivity (Wildman–Crippen MR) is 122 cm³/mol. The maximum Gasteiger partial charge on any atom is 0.155 e. The molecule has 0 unspecified atom stereocenters. The van der Waals surface area contributed by atoms with Crippen LogP contribution in [0.15, 0.2) is 81.3 Å². The molecule has 0 aliphatic rings. The molecule has 161 valence electrons. The van der Waals surface area contributed by atoms with E-state index in [0.717, 1.165) is 54.9 Å². The van der Waals surface area contributed by atoms with Gasteiger partial charge in [0.2, 0.25) is 0 Å². The maximum atomic E-state index is 10.0. The quantitative estimate of drug-likeness (QED) is 0.127. The minimum Gasteiger partial charge on any atom is -0.512 e. The summed E-state index contributed by atoms with van der Waals surface area (Å²) in [7, 11) is 0. The minimum absolute atomic E-state index is 0. The maximum absolute atomic E-state index is 10.0. The molecule has 0 fully saturated rings. The average Bonchev–Trinajstić information content (AvgIpc) is 3.05. The molecule has 0 bridgehead atoms. The first kappa shape index (κ1) is 21.7. The molecule has 3 aromatic carbocycles. The van der Waals surface area contributed by atoms with Gasteiger partial charge in [0, 0.05) is 42.5 Å². The van der Waals surface area contributed by atoms with Gasteiger partial charge in [0.05, 0.1) is 16.9 Å². The van der Waals surface area contributed by atoms with Crippen LogP contribution in [0.3, 0.4) is 0 Å². The molecule has 6 heteroatoms. The fraction of sp³-hybridized carbons (Fsp3) is 0.0769. The van der Waals surface area contributed by atoms with Crippen LogP contribution in [0.5, 0.6) is 0 Å². The first-order valence-electron chi connectivity index (χ1n) is 9.83. The summed E-state index contributed by atoms with van der Waals surface area (Å²) in [6, 6.07) is 23.2. The fourth-order valence-corrected chi connectivity index (χ4v) is 3.81. The number of pyridine rings is 1. The SMILES string of the molecule is CC(=O)/C=C(/C)O.[Ir].[c-]1ccc2oc3cccc4oc5cc6ccccc6nc5c1c2c43. The molecule has 6 rings (SSSR count). The van der Waals surface area contributed by atoms with Crippen LogP contribution in [0.4, 0.5) is 0 Å². The molecule has 3 aromatic heterocycles. The van der Waals surface area contributed by atoms with E-state index in [1.165, 1.54) is 19.9 Å².